The molecule has 0 aliphatic rings. The van der Waals surface area contributed by atoms with E-state index in [1.807, 2.05) is 12.1 Å². The molecule has 4 heteroatoms. The lowest BCUT2D eigenvalue weighted by Crippen LogP contribution is -2.10. The normalized spacial score (nSPS) is 11.0. The number of nitrogens with zero attached hydrogens (tertiary/aromatic N) is 1. The van der Waals surface area contributed by atoms with Crippen molar-refractivity contribution in [2.24, 2.45) is 0 Å². The molecule has 0 saturated heterocycles. The zero-order valence-electron chi connectivity index (χ0n) is 12.1. The Bertz CT molecular complexity index is 671. The fourth-order valence-corrected chi connectivity index (χ4v) is 1.86. The summed E-state index contributed by atoms with van der Waals surface area (Å²) in [5.41, 5.74) is 1.000. The van der Waals surface area contributed by atoms with Gasteiger partial charge in [0, 0.05) is 0 Å². The summed E-state index contributed by atoms with van der Waals surface area (Å²) in [6.45, 7) is 6.22. The van der Waals surface area contributed by atoms with Crippen LogP contribution < -0.4 is 4.74 Å². The van der Waals surface area contributed by atoms with Gasteiger partial charge in [0.15, 0.2) is 17.4 Å². The number of benzene rings is 2. The molecular weight excluding hydrogens is 272 g/mol. The third kappa shape index (κ3) is 3.38. The van der Waals surface area contributed by atoms with E-state index in [-0.39, 0.29) is 11.0 Å². The molecule has 0 atom stereocenters. The first-order valence-electron chi connectivity index (χ1n) is 6.49. The van der Waals surface area contributed by atoms with Crippen molar-refractivity contribution in [1.29, 1.82) is 5.26 Å². The van der Waals surface area contributed by atoms with Crippen LogP contribution >= 0.6 is 0 Å². The van der Waals surface area contributed by atoms with E-state index in [9.17, 15) is 8.78 Å². The standard InChI is InChI=1S/C17H15F2NO/c1-17(2,3)12-4-6-13(7-5-12)21-16-14(18)8-11(10-20)9-15(16)19/h4-9H,1-3H3. The number of halogens is 2. The van der Waals surface area contributed by atoms with E-state index in [0.717, 1.165) is 17.7 Å². The Morgan fingerprint density at radius 1 is 1.00 bits per heavy atom. The van der Waals surface area contributed by atoms with E-state index in [1.165, 1.54) is 0 Å². The molecule has 0 spiro atoms. The summed E-state index contributed by atoms with van der Waals surface area (Å²) in [6, 6.07) is 10.6. The van der Waals surface area contributed by atoms with E-state index in [1.54, 1.807) is 18.2 Å². The van der Waals surface area contributed by atoms with Crippen molar-refractivity contribution < 1.29 is 13.5 Å². The fraction of sp³-hybridized carbons (Fsp3) is 0.235. The predicted molar refractivity (Wildman–Crippen MR) is 76.3 cm³/mol. The molecule has 2 nitrogen and oxygen atoms in total. The molecule has 0 saturated carbocycles. The Kier molecular flexibility index (Phi) is 3.95. The lowest BCUT2D eigenvalue weighted by molar-refractivity contribution is 0.407. The average Bonchev–Trinajstić information content (AvgIpc) is 2.42. The molecule has 0 aromatic heterocycles. The second-order valence-electron chi connectivity index (χ2n) is 5.76. The van der Waals surface area contributed by atoms with Crippen LogP contribution in [0.2, 0.25) is 0 Å². The van der Waals surface area contributed by atoms with Gasteiger partial charge >= 0.3 is 0 Å². The maximum absolute atomic E-state index is 13.7. The average molecular weight is 287 g/mol. The van der Waals surface area contributed by atoms with Gasteiger partial charge in [-0.1, -0.05) is 32.9 Å². The van der Waals surface area contributed by atoms with E-state index in [0.29, 0.717) is 5.75 Å². The zero-order chi connectivity index (χ0) is 15.6. The van der Waals surface area contributed by atoms with Gasteiger partial charge in [-0.15, -0.1) is 0 Å². The van der Waals surface area contributed by atoms with Crippen molar-refractivity contribution in [3.63, 3.8) is 0 Å². The highest BCUT2D eigenvalue weighted by molar-refractivity contribution is 5.40. The Morgan fingerprint density at radius 3 is 1.95 bits per heavy atom. The predicted octanol–water partition coefficient (Wildman–Crippen LogP) is 4.93. The largest absolute Gasteiger partial charge is 0.451 e. The molecule has 0 aliphatic carbocycles. The molecule has 0 bridgehead atoms. The van der Waals surface area contributed by atoms with Crippen LogP contribution in [0.4, 0.5) is 8.78 Å². The van der Waals surface area contributed by atoms with Crippen LogP contribution in [-0.2, 0) is 5.41 Å². The van der Waals surface area contributed by atoms with Gasteiger partial charge in [0.1, 0.15) is 5.75 Å². The quantitative estimate of drug-likeness (QED) is 0.785. The van der Waals surface area contributed by atoms with Gasteiger partial charge in [-0.2, -0.15) is 5.26 Å². The van der Waals surface area contributed by atoms with Crippen molar-refractivity contribution in [2.45, 2.75) is 26.2 Å². The zero-order valence-corrected chi connectivity index (χ0v) is 12.1. The number of hydrogen-bond donors (Lipinski definition) is 0. The summed E-state index contributed by atoms with van der Waals surface area (Å²) in [5, 5.41) is 8.65. The van der Waals surface area contributed by atoms with Gasteiger partial charge in [-0.3, -0.25) is 0 Å². The van der Waals surface area contributed by atoms with Crippen molar-refractivity contribution in [2.75, 3.05) is 0 Å². The van der Waals surface area contributed by atoms with Gasteiger partial charge in [0.2, 0.25) is 0 Å². The van der Waals surface area contributed by atoms with Crippen LogP contribution in [-0.4, -0.2) is 0 Å². The smallest absolute Gasteiger partial charge is 0.198 e. The molecule has 0 amide bonds. The second kappa shape index (κ2) is 5.53. The molecule has 0 N–H and O–H groups in total. The van der Waals surface area contributed by atoms with Crippen molar-refractivity contribution in [3.8, 4) is 17.6 Å². The molecule has 21 heavy (non-hydrogen) atoms. The molecule has 2 aromatic rings. The van der Waals surface area contributed by atoms with Crippen LogP contribution in [0.5, 0.6) is 11.5 Å². The molecule has 2 rings (SSSR count). The second-order valence-corrected chi connectivity index (χ2v) is 5.76. The molecule has 0 radical (unpaired) electrons. The Hall–Kier alpha value is -2.41. The molecule has 0 heterocycles. The maximum atomic E-state index is 13.7. The topological polar surface area (TPSA) is 33.0 Å². The third-order valence-corrected chi connectivity index (χ3v) is 3.07. The Labute approximate surface area is 122 Å². The van der Waals surface area contributed by atoms with E-state index in [4.69, 9.17) is 10.00 Å². The molecule has 0 fully saturated rings. The number of rotatable bonds is 2. The van der Waals surface area contributed by atoms with Crippen molar-refractivity contribution >= 4 is 0 Å². The third-order valence-electron chi connectivity index (χ3n) is 3.07. The molecular formula is C17H15F2NO. The summed E-state index contributed by atoms with van der Waals surface area (Å²) in [4.78, 5) is 0. The first kappa shape index (κ1) is 15.0. The van der Waals surface area contributed by atoms with Crippen LogP contribution in [0, 0.1) is 23.0 Å². The minimum Gasteiger partial charge on any atom is -0.451 e. The highest BCUT2D eigenvalue weighted by atomic mass is 19.1. The highest BCUT2D eigenvalue weighted by Gasteiger charge is 2.16. The minimum absolute atomic E-state index is 0.0104. The summed E-state index contributed by atoms with van der Waals surface area (Å²) < 4.78 is 32.7. The van der Waals surface area contributed by atoms with Crippen LogP contribution in [0.3, 0.4) is 0 Å². The monoisotopic (exact) mass is 287 g/mol. The van der Waals surface area contributed by atoms with Crippen LogP contribution in [0.15, 0.2) is 36.4 Å². The summed E-state index contributed by atoms with van der Waals surface area (Å²) in [5.74, 6) is -1.96. The van der Waals surface area contributed by atoms with Crippen molar-refractivity contribution in [3.05, 3.63) is 59.2 Å². The van der Waals surface area contributed by atoms with E-state index >= 15 is 0 Å². The number of nitriles is 1. The number of hydrogen-bond acceptors (Lipinski definition) is 2. The molecule has 0 unspecified atom stereocenters. The van der Waals surface area contributed by atoms with Gasteiger partial charge < -0.3 is 4.74 Å². The Morgan fingerprint density at radius 2 is 1.52 bits per heavy atom. The molecule has 108 valence electrons. The molecule has 0 aliphatic heterocycles. The van der Waals surface area contributed by atoms with Gasteiger partial charge in [-0.05, 0) is 35.2 Å². The Balaban J connectivity index is 2.29. The van der Waals surface area contributed by atoms with Gasteiger partial charge in [0.05, 0.1) is 11.6 Å². The van der Waals surface area contributed by atoms with E-state index in [2.05, 4.69) is 20.8 Å². The highest BCUT2D eigenvalue weighted by Crippen LogP contribution is 2.30. The fourth-order valence-electron chi connectivity index (χ4n) is 1.86. The van der Waals surface area contributed by atoms with Crippen molar-refractivity contribution in [1.82, 2.24) is 0 Å². The first-order valence-corrected chi connectivity index (χ1v) is 6.49. The van der Waals surface area contributed by atoms with Crippen LogP contribution in [0.25, 0.3) is 0 Å². The van der Waals surface area contributed by atoms with Gasteiger partial charge in [-0.25, -0.2) is 8.78 Å². The minimum atomic E-state index is -0.897. The lowest BCUT2D eigenvalue weighted by atomic mass is 9.87. The summed E-state index contributed by atoms with van der Waals surface area (Å²) in [7, 11) is 0. The lowest BCUT2D eigenvalue weighted by Gasteiger charge is -2.19. The first-order chi connectivity index (χ1) is 9.81. The summed E-state index contributed by atoms with van der Waals surface area (Å²) in [6.07, 6.45) is 0. The molecule has 2 aromatic carbocycles. The SMILES string of the molecule is CC(C)(C)c1ccc(Oc2c(F)cc(C#N)cc2F)cc1. The number of ether oxygens (including phenoxy) is 1. The maximum Gasteiger partial charge on any atom is 0.198 e. The summed E-state index contributed by atoms with van der Waals surface area (Å²) >= 11 is 0. The van der Waals surface area contributed by atoms with E-state index < -0.39 is 17.4 Å². The van der Waals surface area contributed by atoms with Gasteiger partial charge in [0.25, 0.3) is 0 Å². The van der Waals surface area contributed by atoms with Crippen LogP contribution in [0.1, 0.15) is 31.9 Å².